The average Bonchev–Trinajstić information content (AvgIpc) is 2.65. The fourth-order valence-electron chi connectivity index (χ4n) is 3.32. The number of nitrogens with zero attached hydrogens (tertiary/aromatic N) is 1. The van der Waals surface area contributed by atoms with E-state index in [0.29, 0.717) is 32.4 Å². The summed E-state index contributed by atoms with van der Waals surface area (Å²) >= 11 is 0. The van der Waals surface area contributed by atoms with Crippen LogP contribution in [0.5, 0.6) is 0 Å². The second kappa shape index (κ2) is 6.42. The van der Waals surface area contributed by atoms with Crippen molar-refractivity contribution in [3.8, 4) is 0 Å². The Morgan fingerprint density at radius 3 is 2.45 bits per heavy atom. The lowest BCUT2D eigenvalue weighted by atomic mass is 9.80. The van der Waals surface area contributed by atoms with Gasteiger partial charge in [-0.05, 0) is 32.6 Å². The highest BCUT2D eigenvalue weighted by Gasteiger charge is 2.48. The molecule has 0 aromatic heterocycles. The SMILES string of the molecule is CC(=O)N1CCC2(CC1)CC(CC(C)(N)C(=O)O)C(=O)N2.Cl. The number of nitrogens with one attached hydrogen (secondary N) is 1. The van der Waals surface area contributed by atoms with Crippen LogP contribution in [0.15, 0.2) is 0 Å². The van der Waals surface area contributed by atoms with E-state index in [9.17, 15) is 14.4 Å². The first-order valence-electron chi connectivity index (χ1n) is 7.25. The fourth-order valence-corrected chi connectivity index (χ4v) is 3.32. The lowest BCUT2D eigenvalue weighted by Gasteiger charge is -2.39. The summed E-state index contributed by atoms with van der Waals surface area (Å²) in [5.74, 6) is -1.54. The van der Waals surface area contributed by atoms with Gasteiger partial charge in [0.1, 0.15) is 5.54 Å². The van der Waals surface area contributed by atoms with Gasteiger partial charge in [0.2, 0.25) is 11.8 Å². The van der Waals surface area contributed by atoms with Crippen LogP contribution in [0.1, 0.15) is 39.5 Å². The van der Waals surface area contributed by atoms with Crippen LogP contribution in [0.25, 0.3) is 0 Å². The number of halogens is 1. The molecule has 2 atom stereocenters. The van der Waals surface area contributed by atoms with Gasteiger partial charge in [0.05, 0.1) is 0 Å². The molecule has 2 unspecified atom stereocenters. The maximum Gasteiger partial charge on any atom is 0.323 e. The van der Waals surface area contributed by atoms with Gasteiger partial charge in [-0.2, -0.15) is 0 Å². The zero-order valence-corrected chi connectivity index (χ0v) is 13.7. The topological polar surface area (TPSA) is 113 Å². The van der Waals surface area contributed by atoms with Crippen LogP contribution in [0.2, 0.25) is 0 Å². The molecule has 0 bridgehead atoms. The summed E-state index contributed by atoms with van der Waals surface area (Å²) < 4.78 is 0. The number of nitrogens with two attached hydrogens (primary N) is 1. The maximum absolute atomic E-state index is 12.1. The molecule has 2 saturated heterocycles. The number of likely N-dealkylation sites (tertiary alicyclic amines) is 1. The molecule has 0 aromatic rings. The second-order valence-electron chi connectivity index (χ2n) is 6.60. The van der Waals surface area contributed by atoms with Crippen molar-refractivity contribution in [2.45, 2.75) is 50.6 Å². The maximum atomic E-state index is 12.1. The van der Waals surface area contributed by atoms with Crippen LogP contribution >= 0.6 is 12.4 Å². The van der Waals surface area contributed by atoms with E-state index in [2.05, 4.69) is 5.32 Å². The third-order valence-corrected chi connectivity index (χ3v) is 4.72. The van der Waals surface area contributed by atoms with Gasteiger partial charge in [-0.3, -0.25) is 14.4 Å². The van der Waals surface area contributed by atoms with E-state index < -0.39 is 11.5 Å². The van der Waals surface area contributed by atoms with Gasteiger partial charge in [0, 0.05) is 31.5 Å². The van der Waals surface area contributed by atoms with Gasteiger partial charge in [0.25, 0.3) is 0 Å². The Labute approximate surface area is 136 Å². The molecule has 2 aliphatic heterocycles. The Morgan fingerprint density at radius 2 is 2.00 bits per heavy atom. The van der Waals surface area contributed by atoms with E-state index in [1.54, 1.807) is 11.8 Å². The van der Waals surface area contributed by atoms with Gasteiger partial charge >= 0.3 is 5.97 Å². The number of aliphatic carboxylic acids is 1. The minimum atomic E-state index is -1.40. The van der Waals surface area contributed by atoms with Gasteiger partial charge in [-0.25, -0.2) is 0 Å². The number of piperidine rings is 1. The number of carbonyl (C=O) groups is 3. The molecule has 2 heterocycles. The van der Waals surface area contributed by atoms with Gasteiger partial charge in [-0.1, -0.05) is 0 Å². The van der Waals surface area contributed by atoms with Crippen molar-refractivity contribution in [2.24, 2.45) is 11.7 Å². The van der Waals surface area contributed by atoms with Crippen LogP contribution in [-0.4, -0.2) is 52.0 Å². The van der Waals surface area contributed by atoms with Crippen molar-refractivity contribution in [3.05, 3.63) is 0 Å². The first-order chi connectivity index (χ1) is 9.65. The Bertz CT molecular complexity index is 473. The number of carboxylic acids is 1. The van der Waals surface area contributed by atoms with Gasteiger partial charge in [0.15, 0.2) is 0 Å². The van der Waals surface area contributed by atoms with Gasteiger partial charge < -0.3 is 21.1 Å². The largest absolute Gasteiger partial charge is 0.480 e. The zero-order chi connectivity index (χ0) is 15.8. The Morgan fingerprint density at radius 1 is 1.45 bits per heavy atom. The van der Waals surface area contributed by atoms with E-state index in [0.717, 1.165) is 0 Å². The Kier molecular flexibility index (Phi) is 5.46. The second-order valence-corrected chi connectivity index (χ2v) is 6.60. The minimum Gasteiger partial charge on any atom is -0.480 e. The molecule has 2 rings (SSSR count). The number of rotatable bonds is 3. The number of carbonyl (C=O) groups excluding carboxylic acids is 2. The van der Waals surface area contributed by atoms with Crippen LogP contribution in [0.3, 0.4) is 0 Å². The molecule has 7 nitrogen and oxygen atoms in total. The zero-order valence-electron chi connectivity index (χ0n) is 12.9. The summed E-state index contributed by atoms with van der Waals surface area (Å²) in [6.07, 6.45) is 2.15. The van der Waals surface area contributed by atoms with E-state index in [4.69, 9.17) is 10.8 Å². The van der Waals surface area contributed by atoms with Crippen molar-refractivity contribution in [3.63, 3.8) is 0 Å². The monoisotopic (exact) mass is 333 g/mol. The van der Waals surface area contributed by atoms with E-state index in [-0.39, 0.29) is 42.1 Å². The molecule has 4 N–H and O–H groups in total. The molecular weight excluding hydrogens is 310 g/mol. The van der Waals surface area contributed by atoms with Crippen molar-refractivity contribution >= 4 is 30.2 Å². The minimum absolute atomic E-state index is 0. The van der Waals surface area contributed by atoms with E-state index >= 15 is 0 Å². The van der Waals surface area contributed by atoms with E-state index in [1.807, 2.05) is 0 Å². The predicted octanol–water partition coefficient (Wildman–Crippen LogP) is 0.118. The lowest BCUT2D eigenvalue weighted by molar-refractivity contribution is -0.143. The highest BCUT2D eigenvalue weighted by Crippen LogP contribution is 2.37. The highest BCUT2D eigenvalue weighted by molar-refractivity contribution is 5.85. The Balaban J connectivity index is 0.00000242. The van der Waals surface area contributed by atoms with Crippen molar-refractivity contribution in [1.82, 2.24) is 10.2 Å². The normalized spacial score (nSPS) is 26.0. The molecule has 0 saturated carbocycles. The Hall–Kier alpha value is -1.34. The summed E-state index contributed by atoms with van der Waals surface area (Å²) in [6, 6.07) is 0. The molecule has 0 radical (unpaired) electrons. The number of hydrogen-bond donors (Lipinski definition) is 3. The molecule has 22 heavy (non-hydrogen) atoms. The molecular formula is C14H24ClN3O4. The average molecular weight is 334 g/mol. The van der Waals surface area contributed by atoms with Crippen LogP contribution in [-0.2, 0) is 14.4 Å². The summed E-state index contributed by atoms with van der Waals surface area (Å²) in [5.41, 5.74) is 4.05. The summed E-state index contributed by atoms with van der Waals surface area (Å²) in [6.45, 7) is 4.23. The quantitative estimate of drug-likeness (QED) is 0.679. The molecule has 2 aliphatic rings. The van der Waals surface area contributed by atoms with E-state index in [1.165, 1.54) is 6.92 Å². The molecule has 2 fully saturated rings. The number of hydrogen-bond acceptors (Lipinski definition) is 4. The highest BCUT2D eigenvalue weighted by atomic mass is 35.5. The van der Waals surface area contributed by atoms with Crippen LogP contribution in [0, 0.1) is 5.92 Å². The first kappa shape index (κ1) is 18.7. The summed E-state index contributed by atoms with van der Waals surface area (Å²) in [5, 5.41) is 12.1. The number of carboxylic acid groups (broad SMARTS) is 1. The van der Waals surface area contributed by atoms with Crippen LogP contribution < -0.4 is 11.1 Å². The standard InChI is InChI=1S/C14H23N3O4.ClH/c1-9(18)17-5-3-14(4-6-17)8-10(11(19)16-14)7-13(2,15)12(20)21;/h10H,3-8,15H2,1-2H3,(H,16,19)(H,20,21);1H. The summed E-state index contributed by atoms with van der Waals surface area (Å²) in [7, 11) is 0. The summed E-state index contributed by atoms with van der Waals surface area (Å²) in [4.78, 5) is 36.3. The molecule has 2 amide bonds. The van der Waals surface area contributed by atoms with Crippen molar-refractivity contribution in [2.75, 3.05) is 13.1 Å². The van der Waals surface area contributed by atoms with Gasteiger partial charge in [-0.15, -0.1) is 12.4 Å². The van der Waals surface area contributed by atoms with Crippen molar-refractivity contribution in [1.29, 1.82) is 0 Å². The third kappa shape index (κ3) is 3.70. The smallest absolute Gasteiger partial charge is 0.323 e. The molecule has 0 aliphatic carbocycles. The molecule has 0 aromatic carbocycles. The predicted molar refractivity (Wildman–Crippen MR) is 82.6 cm³/mol. The fraction of sp³-hybridized carbons (Fsp3) is 0.786. The lowest BCUT2D eigenvalue weighted by Crippen LogP contribution is -2.51. The van der Waals surface area contributed by atoms with Crippen molar-refractivity contribution < 1.29 is 19.5 Å². The molecule has 126 valence electrons. The molecule has 8 heteroatoms. The molecule has 1 spiro atoms. The third-order valence-electron chi connectivity index (χ3n) is 4.72. The first-order valence-corrected chi connectivity index (χ1v) is 7.25. The number of amides is 2. The van der Waals surface area contributed by atoms with Crippen LogP contribution in [0.4, 0.5) is 0 Å².